The van der Waals surface area contributed by atoms with Crippen molar-refractivity contribution in [3.63, 3.8) is 0 Å². The number of nitrogens with zero attached hydrogens (tertiary/aromatic N) is 6. The Balaban J connectivity index is 1.07. The highest BCUT2D eigenvalue weighted by atomic mass is 19.4. The summed E-state index contributed by atoms with van der Waals surface area (Å²) in [6.45, 7) is 0.288. The quantitative estimate of drug-likeness (QED) is 0.0656. The number of phenols is 1. The van der Waals surface area contributed by atoms with E-state index in [4.69, 9.17) is 0 Å². The van der Waals surface area contributed by atoms with Crippen LogP contribution in [0.4, 0.5) is 56.6 Å². The van der Waals surface area contributed by atoms with Crippen LogP contribution in [0.1, 0.15) is 33.4 Å². The number of aromatic hydroxyl groups is 1. The summed E-state index contributed by atoms with van der Waals surface area (Å²) < 4.78 is 121. The van der Waals surface area contributed by atoms with Crippen molar-refractivity contribution in [1.29, 1.82) is 0 Å². The molecule has 4 N–H and O–H groups in total. The van der Waals surface area contributed by atoms with Gasteiger partial charge in [0.1, 0.15) is 0 Å². The summed E-state index contributed by atoms with van der Waals surface area (Å²) in [5.41, 5.74) is -5.52. The molecule has 0 radical (unpaired) electrons. The largest absolute Gasteiger partial charge is 0.504 e. The van der Waals surface area contributed by atoms with Crippen LogP contribution in [0.5, 0.6) is 5.75 Å². The van der Waals surface area contributed by atoms with Crippen LogP contribution in [0.3, 0.4) is 0 Å². The highest BCUT2D eigenvalue weighted by Gasteiger charge is 2.66. The molecule has 0 fully saturated rings. The van der Waals surface area contributed by atoms with Crippen molar-refractivity contribution in [1.82, 2.24) is 0 Å². The van der Waals surface area contributed by atoms with E-state index in [9.17, 15) is 44.6 Å². The molecule has 0 aliphatic carbocycles. The summed E-state index contributed by atoms with van der Waals surface area (Å²) in [7, 11) is 0. The standard InChI is InChI=1S/C33H24F9N9O/c34-31(35,36)28(46-47-28)21-7-1-18(2-8-21)15-43-24-13-25(44-16-19-3-9-22(10-4-19)29(48-49-29)32(37,38)39)27(52)26(14-24)45-17-20-5-11-23(12-6-20)30(50-51-30)33(40,41)42/h1-14,43-45,52H,15-17H2. The zero-order valence-corrected chi connectivity index (χ0v) is 26.2. The topological polar surface area (TPSA) is 130 Å². The normalized spacial score (nSPS) is 17.5. The summed E-state index contributed by atoms with van der Waals surface area (Å²) >= 11 is 0. The minimum absolute atomic E-state index is 0.0705. The fraction of sp³-hybridized carbons (Fsp3) is 0.273. The maximum atomic E-state index is 13.4. The van der Waals surface area contributed by atoms with Crippen molar-refractivity contribution in [2.45, 2.75) is 55.2 Å². The lowest BCUT2D eigenvalue weighted by molar-refractivity contribution is -0.166. The van der Waals surface area contributed by atoms with Crippen LogP contribution >= 0.6 is 0 Å². The van der Waals surface area contributed by atoms with Crippen molar-refractivity contribution >= 4 is 17.1 Å². The van der Waals surface area contributed by atoms with Gasteiger partial charge in [-0.15, -0.1) is 30.7 Å². The van der Waals surface area contributed by atoms with Crippen LogP contribution in [-0.4, -0.2) is 23.6 Å². The van der Waals surface area contributed by atoms with Gasteiger partial charge in [0.05, 0.1) is 11.4 Å². The molecule has 3 aliphatic rings. The van der Waals surface area contributed by atoms with Gasteiger partial charge in [0, 0.05) is 42.0 Å². The molecule has 52 heavy (non-hydrogen) atoms. The molecule has 0 bridgehead atoms. The Kier molecular flexibility index (Phi) is 7.95. The first kappa shape index (κ1) is 34.7. The lowest BCUT2D eigenvalue weighted by Crippen LogP contribution is -2.30. The molecule has 0 atom stereocenters. The molecule has 0 amide bonds. The molecule has 270 valence electrons. The molecular weight excluding hydrogens is 709 g/mol. The van der Waals surface area contributed by atoms with Gasteiger partial charge in [0.15, 0.2) is 5.75 Å². The highest BCUT2D eigenvalue weighted by molar-refractivity contribution is 5.77. The van der Waals surface area contributed by atoms with E-state index in [0.29, 0.717) is 22.4 Å². The summed E-state index contributed by atoms with van der Waals surface area (Å²) in [5.74, 6) is -0.240. The van der Waals surface area contributed by atoms with E-state index in [1.165, 1.54) is 72.8 Å². The Morgan fingerprint density at radius 3 is 0.962 bits per heavy atom. The first-order valence-electron chi connectivity index (χ1n) is 15.4. The van der Waals surface area contributed by atoms with Gasteiger partial charge in [-0.2, -0.15) is 39.5 Å². The van der Waals surface area contributed by atoms with Crippen LogP contribution < -0.4 is 16.0 Å². The minimum atomic E-state index is -4.68. The second-order valence-corrected chi connectivity index (χ2v) is 12.2. The SMILES string of the molecule is Oc1c(NCc2ccc(C3(C(F)(F)F)N=N3)cc2)cc(NCc2ccc(C3(C(F)(F)F)N=N3)cc2)cc1NCc1ccc(C2(C(F)(F)F)N=N2)cc1. The minimum Gasteiger partial charge on any atom is -0.504 e. The fourth-order valence-corrected chi connectivity index (χ4v) is 5.50. The molecule has 10 nitrogen and oxygen atoms in total. The van der Waals surface area contributed by atoms with Crippen molar-refractivity contribution in [3.8, 4) is 5.75 Å². The smallest absolute Gasteiger partial charge is 0.442 e. The number of anilines is 3. The summed E-state index contributed by atoms with van der Waals surface area (Å²) in [6.07, 6.45) is -14.0. The predicted molar refractivity (Wildman–Crippen MR) is 167 cm³/mol. The maximum Gasteiger partial charge on any atom is 0.442 e. The number of alkyl halides is 9. The number of rotatable bonds is 12. The number of benzene rings is 4. The second kappa shape index (κ2) is 11.9. The first-order chi connectivity index (χ1) is 24.5. The zero-order chi connectivity index (χ0) is 37.2. The van der Waals surface area contributed by atoms with Crippen LogP contribution in [0.2, 0.25) is 0 Å². The zero-order valence-electron chi connectivity index (χ0n) is 26.2. The van der Waals surface area contributed by atoms with Gasteiger partial charge in [0.2, 0.25) is 0 Å². The lowest BCUT2D eigenvalue weighted by atomic mass is 10.0. The molecule has 4 aromatic carbocycles. The van der Waals surface area contributed by atoms with Gasteiger partial charge >= 0.3 is 35.5 Å². The van der Waals surface area contributed by atoms with Crippen molar-refractivity contribution in [3.05, 3.63) is 118 Å². The Bertz CT molecular complexity index is 1950. The number of nitrogens with one attached hydrogen (secondary N) is 3. The van der Waals surface area contributed by atoms with Crippen molar-refractivity contribution < 1.29 is 44.6 Å². The third-order valence-corrected chi connectivity index (χ3v) is 8.73. The maximum absolute atomic E-state index is 13.4. The molecule has 0 saturated carbocycles. The molecular formula is C33H24F9N9O. The Morgan fingerprint density at radius 2 is 0.712 bits per heavy atom. The number of phenolic OH excluding ortho intramolecular Hbond substituents is 1. The predicted octanol–water partition coefficient (Wildman–Crippen LogP) is 9.77. The number of hydrogen-bond acceptors (Lipinski definition) is 10. The molecule has 3 heterocycles. The van der Waals surface area contributed by atoms with E-state index < -0.39 is 35.5 Å². The second-order valence-electron chi connectivity index (χ2n) is 12.2. The van der Waals surface area contributed by atoms with Crippen molar-refractivity contribution in [2.24, 2.45) is 30.7 Å². The van der Waals surface area contributed by atoms with Gasteiger partial charge < -0.3 is 21.1 Å². The van der Waals surface area contributed by atoms with Gasteiger partial charge in [-0.25, -0.2) is 0 Å². The van der Waals surface area contributed by atoms with E-state index in [2.05, 4.69) is 46.6 Å². The monoisotopic (exact) mass is 733 g/mol. The first-order valence-corrected chi connectivity index (χ1v) is 15.4. The van der Waals surface area contributed by atoms with E-state index in [1.54, 1.807) is 12.1 Å². The number of halogens is 9. The molecule has 0 spiro atoms. The third kappa shape index (κ3) is 6.23. The van der Waals surface area contributed by atoms with Crippen molar-refractivity contribution in [2.75, 3.05) is 16.0 Å². The highest BCUT2D eigenvalue weighted by Crippen LogP contribution is 2.54. The van der Waals surface area contributed by atoms with Crippen LogP contribution in [0.15, 0.2) is 116 Å². The van der Waals surface area contributed by atoms with Crippen LogP contribution in [0, 0.1) is 0 Å². The summed E-state index contributed by atoms with van der Waals surface area (Å²) in [5, 5.41) is 39.6. The van der Waals surface area contributed by atoms with E-state index in [-0.39, 0.29) is 53.4 Å². The fourth-order valence-electron chi connectivity index (χ4n) is 5.50. The molecule has 3 aliphatic heterocycles. The van der Waals surface area contributed by atoms with Gasteiger partial charge in [0.25, 0.3) is 0 Å². The van der Waals surface area contributed by atoms with E-state index >= 15 is 0 Å². The van der Waals surface area contributed by atoms with E-state index in [1.807, 2.05) is 0 Å². The molecule has 0 saturated heterocycles. The average Bonchev–Trinajstić information content (AvgIpc) is 3.95. The summed E-state index contributed by atoms with van der Waals surface area (Å²) in [6, 6.07) is 19.5. The van der Waals surface area contributed by atoms with E-state index in [0.717, 1.165) is 0 Å². The lowest BCUT2D eigenvalue weighted by Gasteiger charge is -2.18. The molecule has 4 aromatic rings. The van der Waals surface area contributed by atoms with Gasteiger partial charge in [-0.05, 0) is 28.8 Å². The molecule has 0 aromatic heterocycles. The van der Waals surface area contributed by atoms with Gasteiger partial charge in [-0.3, -0.25) is 0 Å². The van der Waals surface area contributed by atoms with Gasteiger partial charge in [-0.1, -0.05) is 72.8 Å². The Morgan fingerprint density at radius 1 is 0.442 bits per heavy atom. The van der Waals surface area contributed by atoms with Crippen LogP contribution in [-0.2, 0) is 36.6 Å². The number of hydrogen-bond donors (Lipinski definition) is 4. The Labute approximate surface area is 287 Å². The Hall–Kier alpha value is -5.75. The average molecular weight is 734 g/mol. The summed E-state index contributed by atoms with van der Waals surface area (Å²) in [4.78, 5) is 0. The molecule has 19 heteroatoms. The molecule has 7 rings (SSSR count). The third-order valence-electron chi connectivity index (χ3n) is 8.73. The van der Waals surface area contributed by atoms with Crippen LogP contribution in [0.25, 0.3) is 0 Å². The molecule has 0 unspecified atom stereocenters.